The topological polar surface area (TPSA) is 40.5 Å². The first-order chi connectivity index (χ1) is 5.31. The molecular weight excluding hydrogens is 160 g/mol. The van der Waals surface area contributed by atoms with Gasteiger partial charge in [0.2, 0.25) is 0 Å². The van der Waals surface area contributed by atoms with Crippen LogP contribution < -0.4 is 0 Å². The predicted octanol–water partition coefficient (Wildman–Crippen LogP) is 1.22. The number of aliphatic hydroxyl groups is 2. The molecule has 1 unspecified atom stereocenters. The molecule has 0 aromatic carbocycles. The van der Waals surface area contributed by atoms with Gasteiger partial charge in [0, 0.05) is 12.4 Å². The molecule has 0 aromatic rings. The standard InChI is InChI=1S/C8H18O2S/c9-6-4-2-1-3-5-8(10)7-11/h8-11H,1-7H2. The smallest absolute Gasteiger partial charge is 0.0628 e. The highest BCUT2D eigenvalue weighted by Gasteiger charge is 1.99. The molecule has 0 aliphatic rings. The van der Waals surface area contributed by atoms with Gasteiger partial charge < -0.3 is 10.2 Å². The molecule has 11 heavy (non-hydrogen) atoms. The SMILES string of the molecule is OCCCCCCC(O)CS. The molecule has 0 aliphatic carbocycles. The second kappa shape index (κ2) is 8.37. The molecule has 3 heteroatoms. The van der Waals surface area contributed by atoms with E-state index in [1.165, 1.54) is 0 Å². The Bertz CT molecular complexity index is 78.5. The Hall–Kier alpha value is 0.270. The molecule has 2 N–H and O–H groups in total. The quantitative estimate of drug-likeness (QED) is 0.405. The van der Waals surface area contributed by atoms with Crippen molar-refractivity contribution >= 4 is 12.6 Å². The van der Waals surface area contributed by atoms with Crippen LogP contribution in [0.4, 0.5) is 0 Å². The maximum atomic E-state index is 9.09. The Morgan fingerprint density at radius 3 is 2.27 bits per heavy atom. The first-order valence-corrected chi connectivity index (χ1v) is 4.84. The van der Waals surface area contributed by atoms with Crippen molar-refractivity contribution in [1.29, 1.82) is 0 Å². The van der Waals surface area contributed by atoms with Crippen LogP contribution in [0.3, 0.4) is 0 Å². The Labute approximate surface area is 74.0 Å². The summed E-state index contributed by atoms with van der Waals surface area (Å²) in [7, 11) is 0. The van der Waals surface area contributed by atoms with Gasteiger partial charge in [-0.2, -0.15) is 12.6 Å². The van der Waals surface area contributed by atoms with Crippen molar-refractivity contribution in [2.75, 3.05) is 12.4 Å². The van der Waals surface area contributed by atoms with Crippen LogP contribution in [-0.4, -0.2) is 28.7 Å². The molecule has 0 aliphatic heterocycles. The van der Waals surface area contributed by atoms with Crippen LogP contribution in [0.25, 0.3) is 0 Å². The fraction of sp³-hybridized carbons (Fsp3) is 1.00. The first-order valence-electron chi connectivity index (χ1n) is 4.21. The summed E-state index contributed by atoms with van der Waals surface area (Å²) >= 11 is 3.97. The lowest BCUT2D eigenvalue weighted by molar-refractivity contribution is 0.184. The van der Waals surface area contributed by atoms with Crippen LogP contribution in [0.1, 0.15) is 32.1 Å². The molecule has 0 amide bonds. The van der Waals surface area contributed by atoms with E-state index in [0.717, 1.165) is 32.1 Å². The summed E-state index contributed by atoms with van der Waals surface area (Å²) in [5.74, 6) is 0.556. The molecule has 0 saturated heterocycles. The van der Waals surface area contributed by atoms with Crippen molar-refractivity contribution in [2.24, 2.45) is 0 Å². The molecule has 0 spiro atoms. The monoisotopic (exact) mass is 178 g/mol. The number of hydrogen-bond acceptors (Lipinski definition) is 3. The van der Waals surface area contributed by atoms with E-state index in [9.17, 15) is 0 Å². The van der Waals surface area contributed by atoms with Gasteiger partial charge in [-0.1, -0.05) is 19.3 Å². The number of thiol groups is 1. The van der Waals surface area contributed by atoms with Gasteiger partial charge in [0.15, 0.2) is 0 Å². The molecule has 0 rings (SSSR count). The Kier molecular flexibility index (Phi) is 8.57. The van der Waals surface area contributed by atoms with Gasteiger partial charge in [-0.15, -0.1) is 0 Å². The summed E-state index contributed by atoms with van der Waals surface area (Å²) < 4.78 is 0. The fourth-order valence-corrected chi connectivity index (χ4v) is 1.12. The lowest BCUT2D eigenvalue weighted by atomic mass is 10.1. The second-order valence-electron chi connectivity index (χ2n) is 2.76. The first kappa shape index (κ1) is 11.3. The molecule has 68 valence electrons. The van der Waals surface area contributed by atoms with Crippen molar-refractivity contribution in [3.05, 3.63) is 0 Å². The lowest BCUT2D eigenvalue weighted by Gasteiger charge is -2.05. The zero-order chi connectivity index (χ0) is 8.53. The van der Waals surface area contributed by atoms with Gasteiger partial charge in [0.25, 0.3) is 0 Å². The van der Waals surface area contributed by atoms with E-state index >= 15 is 0 Å². The molecule has 1 atom stereocenters. The van der Waals surface area contributed by atoms with Gasteiger partial charge in [0.1, 0.15) is 0 Å². The van der Waals surface area contributed by atoms with Crippen molar-refractivity contribution in [2.45, 2.75) is 38.2 Å². The highest BCUT2D eigenvalue weighted by atomic mass is 32.1. The number of rotatable bonds is 7. The maximum Gasteiger partial charge on any atom is 0.0628 e. The minimum atomic E-state index is -0.243. The van der Waals surface area contributed by atoms with Crippen LogP contribution >= 0.6 is 12.6 Å². The summed E-state index contributed by atoms with van der Waals surface area (Å²) in [6.07, 6.45) is 4.70. The Morgan fingerprint density at radius 1 is 1.09 bits per heavy atom. The highest BCUT2D eigenvalue weighted by molar-refractivity contribution is 7.80. The maximum absolute atomic E-state index is 9.09. The van der Waals surface area contributed by atoms with Crippen molar-refractivity contribution in [1.82, 2.24) is 0 Å². The van der Waals surface area contributed by atoms with Crippen LogP contribution in [-0.2, 0) is 0 Å². The fourth-order valence-electron chi connectivity index (χ4n) is 0.937. The van der Waals surface area contributed by atoms with Gasteiger partial charge in [-0.25, -0.2) is 0 Å². The Morgan fingerprint density at radius 2 is 1.73 bits per heavy atom. The van der Waals surface area contributed by atoms with E-state index in [4.69, 9.17) is 10.2 Å². The molecule has 0 radical (unpaired) electrons. The van der Waals surface area contributed by atoms with Crippen molar-refractivity contribution < 1.29 is 10.2 Å². The highest BCUT2D eigenvalue weighted by Crippen LogP contribution is 2.05. The summed E-state index contributed by atoms with van der Waals surface area (Å²) in [6.45, 7) is 0.287. The van der Waals surface area contributed by atoms with Crippen LogP contribution in [0.15, 0.2) is 0 Å². The van der Waals surface area contributed by atoms with E-state index in [2.05, 4.69) is 12.6 Å². The van der Waals surface area contributed by atoms with E-state index in [-0.39, 0.29) is 12.7 Å². The third-order valence-electron chi connectivity index (χ3n) is 1.66. The summed E-state index contributed by atoms with van der Waals surface area (Å²) in [5.41, 5.74) is 0. The van der Waals surface area contributed by atoms with E-state index < -0.39 is 0 Å². The largest absolute Gasteiger partial charge is 0.396 e. The molecule has 2 nitrogen and oxygen atoms in total. The zero-order valence-electron chi connectivity index (χ0n) is 6.87. The summed E-state index contributed by atoms with van der Waals surface area (Å²) in [5, 5.41) is 17.5. The van der Waals surface area contributed by atoms with Crippen molar-refractivity contribution in [3.8, 4) is 0 Å². The molecule has 0 bridgehead atoms. The molecule has 0 aromatic heterocycles. The van der Waals surface area contributed by atoms with Gasteiger partial charge >= 0.3 is 0 Å². The van der Waals surface area contributed by atoms with Crippen LogP contribution in [0.2, 0.25) is 0 Å². The molecular formula is C8H18O2S. The summed E-state index contributed by atoms with van der Waals surface area (Å²) in [6, 6.07) is 0. The van der Waals surface area contributed by atoms with Gasteiger partial charge in [-0.3, -0.25) is 0 Å². The second-order valence-corrected chi connectivity index (χ2v) is 3.13. The average Bonchev–Trinajstić information content (AvgIpc) is 2.04. The average molecular weight is 178 g/mol. The minimum Gasteiger partial charge on any atom is -0.396 e. The number of aliphatic hydroxyl groups excluding tert-OH is 2. The lowest BCUT2D eigenvalue weighted by Crippen LogP contribution is -2.07. The van der Waals surface area contributed by atoms with Crippen LogP contribution in [0.5, 0.6) is 0 Å². The van der Waals surface area contributed by atoms with E-state index in [1.54, 1.807) is 0 Å². The normalized spacial score (nSPS) is 13.4. The third-order valence-corrected chi connectivity index (χ3v) is 2.08. The zero-order valence-corrected chi connectivity index (χ0v) is 7.76. The molecule has 0 fully saturated rings. The molecule has 0 saturated carbocycles. The van der Waals surface area contributed by atoms with E-state index in [0.29, 0.717) is 5.75 Å². The third kappa shape index (κ3) is 8.17. The predicted molar refractivity (Wildman–Crippen MR) is 50.0 cm³/mol. The van der Waals surface area contributed by atoms with E-state index in [1.807, 2.05) is 0 Å². The Balaban J connectivity index is 2.89. The van der Waals surface area contributed by atoms with Crippen molar-refractivity contribution in [3.63, 3.8) is 0 Å². The molecule has 0 heterocycles. The number of hydrogen-bond donors (Lipinski definition) is 3. The van der Waals surface area contributed by atoms with Crippen LogP contribution in [0, 0.1) is 0 Å². The van der Waals surface area contributed by atoms with Gasteiger partial charge in [0.05, 0.1) is 6.10 Å². The number of unbranched alkanes of at least 4 members (excludes halogenated alkanes) is 3. The minimum absolute atomic E-state index is 0.243. The van der Waals surface area contributed by atoms with Gasteiger partial charge in [-0.05, 0) is 12.8 Å². The summed E-state index contributed by atoms with van der Waals surface area (Å²) in [4.78, 5) is 0.